The van der Waals surface area contributed by atoms with Gasteiger partial charge in [0, 0.05) is 31.9 Å². The quantitative estimate of drug-likeness (QED) is 0.422. The highest BCUT2D eigenvalue weighted by Crippen LogP contribution is 2.34. The number of methoxy groups -OCH3 is 2. The van der Waals surface area contributed by atoms with Crippen LogP contribution in [0.4, 0.5) is 5.69 Å². The zero-order valence-electron chi connectivity index (χ0n) is 18.1. The first-order valence-corrected chi connectivity index (χ1v) is 11.4. The molecule has 0 unspecified atom stereocenters. The molecule has 12 nitrogen and oxygen atoms in total. The highest BCUT2D eigenvalue weighted by Gasteiger charge is 2.41. The lowest BCUT2D eigenvalue weighted by Crippen LogP contribution is -2.48. The lowest BCUT2D eigenvalue weighted by Gasteiger charge is -2.40. The van der Waals surface area contributed by atoms with Crippen LogP contribution in [0.15, 0.2) is 48.0 Å². The van der Waals surface area contributed by atoms with Crippen LogP contribution >= 0.6 is 0 Å². The molecule has 5 rings (SSSR count). The van der Waals surface area contributed by atoms with Gasteiger partial charge in [-0.15, -0.1) is 0 Å². The summed E-state index contributed by atoms with van der Waals surface area (Å²) in [6.45, 7) is 0.871. The van der Waals surface area contributed by atoms with Gasteiger partial charge in [0.2, 0.25) is 5.88 Å². The molecule has 1 saturated heterocycles. The van der Waals surface area contributed by atoms with E-state index in [-0.39, 0.29) is 16.5 Å². The lowest BCUT2D eigenvalue weighted by atomic mass is 9.92. The molecular formula is C20H21N7O5S. The van der Waals surface area contributed by atoms with Gasteiger partial charge < -0.3 is 14.2 Å². The first-order valence-electron chi connectivity index (χ1n) is 9.89. The van der Waals surface area contributed by atoms with Gasteiger partial charge in [-0.1, -0.05) is 0 Å². The number of aromatic nitrogens is 6. The number of anilines is 1. The maximum atomic E-state index is 13.2. The Labute approximate surface area is 189 Å². The van der Waals surface area contributed by atoms with E-state index >= 15 is 0 Å². The van der Waals surface area contributed by atoms with Gasteiger partial charge in [-0.2, -0.15) is 10.2 Å². The van der Waals surface area contributed by atoms with Gasteiger partial charge in [-0.05, 0) is 17.7 Å². The van der Waals surface area contributed by atoms with Gasteiger partial charge in [-0.3, -0.25) is 9.40 Å². The van der Waals surface area contributed by atoms with Crippen molar-refractivity contribution in [1.82, 2.24) is 29.5 Å². The third-order valence-electron chi connectivity index (χ3n) is 5.61. The summed E-state index contributed by atoms with van der Waals surface area (Å²) < 4.78 is 48.1. The summed E-state index contributed by atoms with van der Waals surface area (Å²) in [6, 6.07) is 3.64. The molecule has 0 saturated carbocycles. The Morgan fingerprint density at radius 1 is 1.15 bits per heavy atom. The Morgan fingerprint density at radius 3 is 2.67 bits per heavy atom. The fourth-order valence-electron chi connectivity index (χ4n) is 3.68. The monoisotopic (exact) mass is 471 g/mol. The predicted octanol–water partition coefficient (Wildman–Crippen LogP) is 1.23. The molecule has 4 aromatic rings. The van der Waals surface area contributed by atoms with Crippen molar-refractivity contribution in [3.8, 4) is 11.7 Å². The van der Waals surface area contributed by atoms with E-state index in [1.165, 1.54) is 24.2 Å². The molecule has 1 aliphatic heterocycles. The SMILES string of the molecule is COc1ncc2cnn(C)c2c1NS(=O)(=O)c1cnn(-c2cc(C3(OC)COC3)ccn2)c1. The Bertz CT molecular complexity index is 1440. The minimum Gasteiger partial charge on any atom is -0.479 e. The van der Waals surface area contributed by atoms with Gasteiger partial charge in [-0.25, -0.2) is 23.1 Å². The summed E-state index contributed by atoms with van der Waals surface area (Å²) in [5.41, 5.74) is 1.07. The molecule has 0 bridgehead atoms. The lowest BCUT2D eigenvalue weighted by molar-refractivity contribution is -0.202. The van der Waals surface area contributed by atoms with Crippen molar-refractivity contribution in [1.29, 1.82) is 0 Å². The van der Waals surface area contributed by atoms with Crippen LogP contribution in [-0.4, -0.2) is 65.4 Å². The third kappa shape index (κ3) is 3.50. The van der Waals surface area contributed by atoms with Gasteiger partial charge in [0.1, 0.15) is 16.2 Å². The average Bonchev–Trinajstić information content (AvgIpc) is 3.42. The fraction of sp³-hybridized carbons (Fsp3) is 0.300. The summed E-state index contributed by atoms with van der Waals surface area (Å²) in [7, 11) is 0.721. The Morgan fingerprint density at radius 2 is 1.97 bits per heavy atom. The van der Waals surface area contributed by atoms with E-state index in [9.17, 15) is 8.42 Å². The zero-order valence-corrected chi connectivity index (χ0v) is 18.9. The molecule has 0 amide bonds. The molecule has 1 fully saturated rings. The summed E-state index contributed by atoms with van der Waals surface area (Å²) in [4.78, 5) is 8.43. The molecular weight excluding hydrogens is 450 g/mol. The molecule has 5 heterocycles. The summed E-state index contributed by atoms with van der Waals surface area (Å²) in [6.07, 6.45) is 7.41. The van der Waals surface area contributed by atoms with Crippen molar-refractivity contribution in [2.45, 2.75) is 10.5 Å². The Kier molecular flexibility index (Phi) is 5.03. The molecule has 0 aromatic carbocycles. The molecule has 1 aliphatic rings. The second-order valence-corrected chi connectivity index (χ2v) is 9.22. The highest BCUT2D eigenvalue weighted by molar-refractivity contribution is 7.92. The average molecular weight is 471 g/mol. The summed E-state index contributed by atoms with van der Waals surface area (Å²) in [5.74, 6) is 0.578. The van der Waals surface area contributed by atoms with Crippen molar-refractivity contribution in [3.63, 3.8) is 0 Å². The molecule has 0 atom stereocenters. The summed E-state index contributed by atoms with van der Waals surface area (Å²) in [5, 5.41) is 9.03. The molecule has 172 valence electrons. The second-order valence-electron chi connectivity index (χ2n) is 7.53. The number of rotatable bonds is 7. The van der Waals surface area contributed by atoms with Crippen molar-refractivity contribution >= 4 is 26.6 Å². The largest absolute Gasteiger partial charge is 0.479 e. The van der Waals surface area contributed by atoms with Gasteiger partial charge >= 0.3 is 0 Å². The zero-order chi connectivity index (χ0) is 23.2. The van der Waals surface area contributed by atoms with Crippen LogP contribution in [0, 0.1) is 0 Å². The molecule has 0 radical (unpaired) electrons. The minimum absolute atomic E-state index is 0.0515. The van der Waals surface area contributed by atoms with Gasteiger partial charge in [0.15, 0.2) is 5.82 Å². The van der Waals surface area contributed by atoms with E-state index in [4.69, 9.17) is 14.2 Å². The van der Waals surface area contributed by atoms with Crippen LogP contribution in [0.3, 0.4) is 0 Å². The highest BCUT2D eigenvalue weighted by atomic mass is 32.2. The van der Waals surface area contributed by atoms with E-state index in [1.807, 2.05) is 6.07 Å². The van der Waals surface area contributed by atoms with Crippen molar-refractivity contribution in [2.75, 3.05) is 32.2 Å². The van der Waals surface area contributed by atoms with Gasteiger partial charge in [0.25, 0.3) is 10.0 Å². The van der Waals surface area contributed by atoms with E-state index in [1.54, 1.807) is 43.5 Å². The number of hydrogen-bond acceptors (Lipinski definition) is 9. The number of fused-ring (bicyclic) bond motifs is 1. The fourth-order valence-corrected chi connectivity index (χ4v) is 4.67. The van der Waals surface area contributed by atoms with E-state index < -0.39 is 15.6 Å². The normalized spacial score (nSPS) is 15.4. The molecule has 33 heavy (non-hydrogen) atoms. The van der Waals surface area contributed by atoms with Crippen LogP contribution in [0.5, 0.6) is 5.88 Å². The van der Waals surface area contributed by atoms with Crippen molar-refractivity contribution < 1.29 is 22.6 Å². The summed E-state index contributed by atoms with van der Waals surface area (Å²) >= 11 is 0. The van der Waals surface area contributed by atoms with Gasteiger partial charge in [0.05, 0.1) is 44.4 Å². The standard InChI is InChI=1S/C20H21N7O5S/c1-26-18-13(8-23-26)7-22-19(30-2)17(18)25-33(28,29)15-9-24-27(10-15)16-6-14(4-5-21-16)20(31-3)11-32-12-20/h4-10,25H,11-12H2,1-3H3. The Balaban J connectivity index is 1.49. The number of aryl methyl sites for hydroxylation is 1. The molecule has 0 spiro atoms. The number of nitrogens with one attached hydrogen (secondary N) is 1. The van der Waals surface area contributed by atoms with Crippen LogP contribution in [0.25, 0.3) is 16.7 Å². The maximum absolute atomic E-state index is 13.2. The van der Waals surface area contributed by atoms with E-state index in [2.05, 4.69) is 24.9 Å². The second kappa shape index (κ2) is 7.79. The van der Waals surface area contributed by atoms with Crippen LogP contribution in [-0.2, 0) is 32.1 Å². The Hall–Kier alpha value is -3.55. The number of nitrogens with zero attached hydrogens (tertiary/aromatic N) is 6. The minimum atomic E-state index is -4.02. The van der Waals surface area contributed by atoms with E-state index in [0.29, 0.717) is 29.9 Å². The van der Waals surface area contributed by atoms with Crippen LogP contribution < -0.4 is 9.46 Å². The predicted molar refractivity (Wildman–Crippen MR) is 117 cm³/mol. The molecule has 0 aliphatic carbocycles. The van der Waals surface area contributed by atoms with Crippen LogP contribution in [0.1, 0.15) is 5.56 Å². The topological polar surface area (TPSA) is 135 Å². The molecule has 4 aromatic heterocycles. The first kappa shape index (κ1) is 21.3. The number of pyridine rings is 2. The van der Waals surface area contributed by atoms with E-state index in [0.717, 1.165) is 5.56 Å². The van der Waals surface area contributed by atoms with Crippen LogP contribution in [0.2, 0.25) is 0 Å². The number of sulfonamides is 1. The molecule has 13 heteroatoms. The first-order chi connectivity index (χ1) is 15.9. The van der Waals surface area contributed by atoms with Crippen molar-refractivity contribution in [2.24, 2.45) is 7.05 Å². The van der Waals surface area contributed by atoms with Crippen molar-refractivity contribution in [3.05, 3.63) is 48.7 Å². The maximum Gasteiger partial charge on any atom is 0.265 e. The third-order valence-corrected chi connectivity index (χ3v) is 6.91. The number of hydrogen-bond donors (Lipinski definition) is 1. The smallest absolute Gasteiger partial charge is 0.265 e. The number of ether oxygens (including phenoxy) is 3. The molecule has 1 N–H and O–H groups in total.